The standard InChI is InChI=1S/C23H29N7O2/c1-23(15-24-7-11-32-23)16-28-22-21-19(25-5-6-26-21)13-18(29-22)17-3-4-20(27-14-17)30-8-2-10-31-12-9-30/h3-6,13-14,24H,2,7-12,15-16H2,1H3,(H,28,29)/t23-/m1/s1. The maximum atomic E-state index is 5.98. The summed E-state index contributed by atoms with van der Waals surface area (Å²) >= 11 is 0. The molecule has 168 valence electrons. The summed E-state index contributed by atoms with van der Waals surface area (Å²) in [5, 5.41) is 6.85. The second-order valence-corrected chi connectivity index (χ2v) is 8.47. The lowest BCUT2D eigenvalue weighted by Gasteiger charge is -2.34. The average Bonchev–Trinajstić information content (AvgIpc) is 3.13. The van der Waals surface area contributed by atoms with Gasteiger partial charge in [0.2, 0.25) is 0 Å². The number of hydrogen-bond donors (Lipinski definition) is 2. The maximum absolute atomic E-state index is 5.98. The Hall–Kier alpha value is -2.88. The molecule has 2 fully saturated rings. The molecule has 0 amide bonds. The monoisotopic (exact) mass is 435 g/mol. The van der Waals surface area contributed by atoms with Crippen molar-refractivity contribution in [2.75, 3.05) is 62.8 Å². The predicted octanol–water partition coefficient (Wildman–Crippen LogP) is 2.10. The topological polar surface area (TPSA) is 97.3 Å². The van der Waals surface area contributed by atoms with Crippen LogP contribution < -0.4 is 15.5 Å². The molecule has 0 radical (unpaired) electrons. The van der Waals surface area contributed by atoms with E-state index in [0.717, 1.165) is 73.9 Å². The van der Waals surface area contributed by atoms with Crippen LogP contribution in [-0.2, 0) is 9.47 Å². The molecule has 2 aliphatic heterocycles. The van der Waals surface area contributed by atoms with Gasteiger partial charge < -0.3 is 25.0 Å². The third-order valence-electron chi connectivity index (χ3n) is 5.90. The minimum absolute atomic E-state index is 0.301. The first kappa shape index (κ1) is 21.0. The van der Waals surface area contributed by atoms with Gasteiger partial charge in [-0.05, 0) is 31.5 Å². The number of rotatable bonds is 5. The molecule has 2 saturated heterocycles. The Morgan fingerprint density at radius 2 is 2.06 bits per heavy atom. The van der Waals surface area contributed by atoms with Gasteiger partial charge in [0.25, 0.3) is 0 Å². The molecule has 0 bridgehead atoms. The van der Waals surface area contributed by atoms with Gasteiger partial charge in [0.15, 0.2) is 5.82 Å². The molecule has 0 aliphatic carbocycles. The van der Waals surface area contributed by atoms with Crippen LogP contribution in [0.5, 0.6) is 0 Å². The number of nitrogens with one attached hydrogen (secondary N) is 2. The molecule has 9 heteroatoms. The highest BCUT2D eigenvalue weighted by atomic mass is 16.5. The lowest BCUT2D eigenvalue weighted by Crippen LogP contribution is -2.51. The van der Waals surface area contributed by atoms with Gasteiger partial charge in [-0.3, -0.25) is 4.98 Å². The highest BCUT2D eigenvalue weighted by Crippen LogP contribution is 2.27. The van der Waals surface area contributed by atoms with Crippen molar-refractivity contribution in [1.29, 1.82) is 0 Å². The smallest absolute Gasteiger partial charge is 0.155 e. The molecule has 5 heterocycles. The van der Waals surface area contributed by atoms with Crippen molar-refractivity contribution in [3.8, 4) is 11.3 Å². The summed E-state index contributed by atoms with van der Waals surface area (Å²) in [4.78, 5) is 20.9. The van der Waals surface area contributed by atoms with Crippen LogP contribution in [0.25, 0.3) is 22.3 Å². The zero-order valence-electron chi connectivity index (χ0n) is 18.4. The molecule has 3 aromatic rings. The second-order valence-electron chi connectivity index (χ2n) is 8.47. The lowest BCUT2D eigenvalue weighted by molar-refractivity contribution is -0.0425. The van der Waals surface area contributed by atoms with Crippen LogP contribution in [0.15, 0.2) is 36.8 Å². The van der Waals surface area contributed by atoms with Crippen LogP contribution >= 0.6 is 0 Å². The summed E-state index contributed by atoms with van der Waals surface area (Å²) in [6.07, 6.45) is 6.29. The van der Waals surface area contributed by atoms with Crippen LogP contribution in [-0.4, -0.2) is 78.1 Å². The quantitative estimate of drug-likeness (QED) is 0.624. The summed E-state index contributed by atoms with van der Waals surface area (Å²) in [6.45, 7) is 8.46. The van der Waals surface area contributed by atoms with Crippen LogP contribution in [0.4, 0.5) is 11.6 Å². The molecule has 1 atom stereocenters. The third kappa shape index (κ3) is 4.64. The number of morpholine rings is 1. The molecule has 3 aromatic heterocycles. The van der Waals surface area contributed by atoms with Crippen molar-refractivity contribution in [2.24, 2.45) is 0 Å². The SMILES string of the molecule is C[C@]1(CNc2nc(-c3ccc(N4CCCOCC4)nc3)cc3nccnc23)CNCCO1. The first-order valence-corrected chi connectivity index (χ1v) is 11.2. The Morgan fingerprint density at radius 1 is 1.12 bits per heavy atom. The van der Waals surface area contributed by atoms with E-state index >= 15 is 0 Å². The molecule has 0 saturated carbocycles. The van der Waals surface area contributed by atoms with E-state index in [4.69, 9.17) is 19.4 Å². The fraction of sp³-hybridized carbons (Fsp3) is 0.478. The van der Waals surface area contributed by atoms with E-state index in [1.54, 1.807) is 12.4 Å². The van der Waals surface area contributed by atoms with Gasteiger partial charge in [-0.1, -0.05) is 0 Å². The van der Waals surface area contributed by atoms with Crippen molar-refractivity contribution in [2.45, 2.75) is 18.9 Å². The van der Waals surface area contributed by atoms with Gasteiger partial charge in [-0.25, -0.2) is 15.0 Å². The number of aromatic nitrogens is 4. The largest absolute Gasteiger partial charge is 0.380 e. The zero-order chi connectivity index (χ0) is 21.8. The summed E-state index contributed by atoms with van der Waals surface area (Å²) in [5.41, 5.74) is 2.99. The van der Waals surface area contributed by atoms with Gasteiger partial charge in [-0.2, -0.15) is 0 Å². The summed E-state index contributed by atoms with van der Waals surface area (Å²) in [7, 11) is 0. The number of hydrogen-bond acceptors (Lipinski definition) is 9. The van der Waals surface area contributed by atoms with Crippen molar-refractivity contribution < 1.29 is 9.47 Å². The summed E-state index contributed by atoms with van der Waals surface area (Å²) in [6, 6.07) is 6.08. The van der Waals surface area contributed by atoms with Crippen LogP contribution in [0, 0.1) is 0 Å². The molecule has 2 aliphatic rings. The highest BCUT2D eigenvalue weighted by Gasteiger charge is 2.28. The Labute approximate surface area is 187 Å². The first-order chi connectivity index (χ1) is 15.7. The molecule has 0 aromatic carbocycles. The number of fused-ring (bicyclic) bond motifs is 1. The van der Waals surface area contributed by atoms with Crippen LogP contribution in [0.2, 0.25) is 0 Å². The number of nitrogens with zero attached hydrogens (tertiary/aromatic N) is 5. The molecule has 9 nitrogen and oxygen atoms in total. The lowest BCUT2D eigenvalue weighted by atomic mass is 10.1. The van der Waals surface area contributed by atoms with Gasteiger partial charge in [0.05, 0.1) is 30.0 Å². The predicted molar refractivity (Wildman–Crippen MR) is 124 cm³/mol. The van der Waals surface area contributed by atoms with Gasteiger partial charge >= 0.3 is 0 Å². The highest BCUT2D eigenvalue weighted by molar-refractivity contribution is 5.88. The molecule has 2 N–H and O–H groups in total. The number of pyridine rings is 2. The van der Waals surface area contributed by atoms with E-state index in [9.17, 15) is 0 Å². The Bertz CT molecular complexity index is 1050. The van der Waals surface area contributed by atoms with Gasteiger partial charge in [0, 0.05) is 63.5 Å². The molecule has 0 spiro atoms. The normalized spacial score (nSPS) is 22.0. The maximum Gasteiger partial charge on any atom is 0.155 e. The average molecular weight is 436 g/mol. The summed E-state index contributed by atoms with van der Waals surface area (Å²) < 4.78 is 11.5. The van der Waals surface area contributed by atoms with E-state index in [1.807, 2.05) is 12.3 Å². The van der Waals surface area contributed by atoms with Crippen molar-refractivity contribution in [3.63, 3.8) is 0 Å². The van der Waals surface area contributed by atoms with E-state index in [2.05, 4.69) is 44.6 Å². The summed E-state index contributed by atoms with van der Waals surface area (Å²) in [5.74, 6) is 1.67. The molecular formula is C23H29N7O2. The van der Waals surface area contributed by atoms with E-state index < -0.39 is 0 Å². The fourth-order valence-corrected chi connectivity index (χ4v) is 4.10. The minimum atomic E-state index is -0.301. The van der Waals surface area contributed by atoms with Crippen molar-refractivity contribution in [1.82, 2.24) is 25.3 Å². The number of anilines is 2. The van der Waals surface area contributed by atoms with Gasteiger partial charge in [0.1, 0.15) is 11.3 Å². The Morgan fingerprint density at radius 3 is 2.91 bits per heavy atom. The molecule has 32 heavy (non-hydrogen) atoms. The third-order valence-corrected chi connectivity index (χ3v) is 5.90. The Kier molecular flexibility index (Phi) is 6.11. The molecule has 0 unspecified atom stereocenters. The van der Waals surface area contributed by atoms with Crippen LogP contribution in [0.3, 0.4) is 0 Å². The van der Waals surface area contributed by atoms with Crippen LogP contribution in [0.1, 0.15) is 13.3 Å². The van der Waals surface area contributed by atoms with Gasteiger partial charge in [-0.15, -0.1) is 0 Å². The molecular weight excluding hydrogens is 406 g/mol. The zero-order valence-corrected chi connectivity index (χ0v) is 18.4. The first-order valence-electron chi connectivity index (χ1n) is 11.2. The van der Waals surface area contributed by atoms with E-state index in [-0.39, 0.29) is 5.60 Å². The molecule has 5 rings (SSSR count). The van der Waals surface area contributed by atoms with E-state index in [0.29, 0.717) is 19.0 Å². The van der Waals surface area contributed by atoms with Crippen molar-refractivity contribution >= 4 is 22.7 Å². The van der Waals surface area contributed by atoms with E-state index in [1.165, 1.54) is 0 Å². The second kappa shape index (κ2) is 9.32. The minimum Gasteiger partial charge on any atom is -0.380 e. The van der Waals surface area contributed by atoms with Crippen molar-refractivity contribution in [3.05, 3.63) is 36.8 Å². The Balaban J connectivity index is 1.41. The fourth-order valence-electron chi connectivity index (χ4n) is 4.10. The number of ether oxygens (including phenoxy) is 2.